The van der Waals surface area contributed by atoms with Crippen LogP contribution in [0.4, 0.5) is 0 Å². The van der Waals surface area contributed by atoms with Crippen LogP contribution in [0.1, 0.15) is 23.2 Å². The second-order valence-electron chi connectivity index (χ2n) is 6.82. The number of hydrogen-bond acceptors (Lipinski definition) is 6. The minimum atomic E-state index is -0.553. The number of rotatable bonds is 7. The third-order valence-electron chi connectivity index (χ3n) is 4.66. The standard InChI is InChI=1S/C20H26N4O4/c1-15-14-18(22-28-15)20(26)24-12-10-23(11-13-24)9-8-21-19(25)16(2)27-17-6-4-3-5-7-17/h3-7,14,16H,8-13H2,1-2H3,(H,21,25). The minimum absolute atomic E-state index is 0.100. The summed E-state index contributed by atoms with van der Waals surface area (Å²) in [4.78, 5) is 28.5. The molecule has 2 amide bonds. The number of amides is 2. The summed E-state index contributed by atoms with van der Waals surface area (Å²) in [6, 6.07) is 10.9. The fourth-order valence-electron chi connectivity index (χ4n) is 3.04. The largest absolute Gasteiger partial charge is 0.481 e. The Balaban J connectivity index is 1.35. The Bertz CT molecular complexity index is 785. The highest BCUT2D eigenvalue weighted by Crippen LogP contribution is 2.11. The molecular formula is C20H26N4O4. The van der Waals surface area contributed by atoms with Crippen molar-refractivity contribution in [1.82, 2.24) is 20.3 Å². The van der Waals surface area contributed by atoms with Gasteiger partial charge in [0, 0.05) is 45.3 Å². The molecule has 1 aromatic heterocycles. The van der Waals surface area contributed by atoms with Crippen molar-refractivity contribution in [3.8, 4) is 5.75 Å². The number of carbonyl (C=O) groups is 2. The van der Waals surface area contributed by atoms with Gasteiger partial charge in [-0.25, -0.2) is 0 Å². The number of nitrogens with zero attached hydrogens (tertiary/aromatic N) is 3. The quantitative estimate of drug-likeness (QED) is 0.772. The highest BCUT2D eigenvalue weighted by molar-refractivity contribution is 5.92. The summed E-state index contributed by atoms with van der Waals surface area (Å²) in [5.41, 5.74) is 0.352. The molecule has 0 radical (unpaired) electrons. The summed E-state index contributed by atoms with van der Waals surface area (Å²) >= 11 is 0. The van der Waals surface area contributed by atoms with E-state index in [0.29, 0.717) is 36.8 Å². The second kappa shape index (κ2) is 9.36. The highest BCUT2D eigenvalue weighted by atomic mass is 16.5. The van der Waals surface area contributed by atoms with Crippen molar-refractivity contribution in [1.29, 1.82) is 0 Å². The summed E-state index contributed by atoms with van der Waals surface area (Å²) in [7, 11) is 0. The zero-order valence-electron chi connectivity index (χ0n) is 16.3. The van der Waals surface area contributed by atoms with Crippen molar-refractivity contribution in [2.75, 3.05) is 39.3 Å². The van der Waals surface area contributed by atoms with E-state index in [1.165, 1.54) is 0 Å². The van der Waals surface area contributed by atoms with Crippen LogP contribution in [0.2, 0.25) is 0 Å². The van der Waals surface area contributed by atoms with E-state index in [2.05, 4.69) is 15.4 Å². The molecule has 1 atom stereocenters. The van der Waals surface area contributed by atoms with E-state index in [-0.39, 0.29) is 11.8 Å². The molecule has 8 nitrogen and oxygen atoms in total. The summed E-state index contributed by atoms with van der Waals surface area (Å²) in [6.45, 7) is 7.55. The Kier molecular flexibility index (Phi) is 6.65. The van der Waals surface area contributed by atoms with Gasteiger partial charge in [-0.3, -0.25) is 14.5 Å². The van der Waals surface area contributed by atoms with Crippen LogP contribution in [0.25, 0.3) is 0 Å². The summed E-state index contributed by atoms with van der Waals surface area (Å²) in [6.07, 6.45) is -0.553. The molecule has 3 rings (SSSR count). The Labute approximate surface area is 164 Å². The zero-order chi connectivity index (χ0) is 19.9. The first-order chi connectivity index (χ1) is 13.5. The van der Waals surface area contributed by atoms with E-state index in [1.54, 1.807) is 24.8 Å². The van der Waals surface area contributed by atoms with Crippen LogP contribution in [0.5, 0.6) is 5.75 Å². The van der Waals surface area contributed by atoms with E-state index in [4.69, 9.17) is 9.26 Å². The topological polar surface area (TPSA) is 87.9 Å². The van der Waals surface area contributed by atoms with E-state index in [0.717, 1.165) is 19.6 Å². The number of aryl methyl sites for hydroxylation is 1. The van der Waals surface area contributed by atoms with Gasteiger partial charge in [0.05, 0.1) is 0 Å². The normalized spacial score (nSPS) is 15.9. The number of para-hydroxylation sites is 1. The van der Waals surface area contributed by atoms with E-state index in [9.17, 15) is 9.59 Å². The molecule has 28 heavy (non-hydrogen) atoms. The van der Waals surface area contributed by atoms with Crippen LogP contribution in [0.15, 0.2) is 40.9 Å². The maximum atomic E-state index is 12.4. The molecule has 2 aromatic rings. The van der Waals surface area contributed by atoms with Gasteiger partial charge in [-0.1, -0.05) is 23.4 Å². The maximum Gasteiger partial charge on any atom is 0.276 e. The molecule has 8 heteroatoms. The SMILES string of the molecule is Cc1cc(C(=O)N2CCN(CCNC(=O)C(C)Oc3ccccc3)CC2)no1. The molecule has 2 heterocycles. The van der Waals surface area contributed by atoms with Gasteiger partial charge in [0.15, 0.2) is 11.8 Å². The zero-order valence-corrected chi connectivity index (χ0v) is 16.3. The number of nitrogens with one attached hydrogen (secondary N) is 1. The number of carbonyl (C=O) groups excluding carboxylic acids is 2. The van der Waals surface area contributed by atoms with Crippen molar-refractivity contribution in [3.63, 3.8) is 0 Å². The lowest BCUT2D eigenvalue weighted by atomic mass is 10.2. The molecule has 1 saturated heterocycles. The summed E-state index contributed by atoms with van der Waals surface area (Å²) in [5.74, 6) is 1.06. The molecule has 1 aliphatic heterocycles. The molecule has 1 aromatic carbocycles. The van der Waals surface area contributed by atoms with Crippen molar-refractivity contribution in [2.45, 2.75) is 20.0 Å². The van der Waals surface area contributed by atoms with Crippen LogP contribution >= 0.6 is 0 Å². The Hall–Kier alpha value is -2.87. The number of benzene rings is 1. The predicted molar refractivity (Wildman–Crippen MR) is 103 cm³/mol. The van der Waals surface area contributed by atoms with Crippen molar-refractivity contribution in [3.05, 3.63) is 47.9 Å². The summed E-state index contributed by atoms with van der Waals surface area (Å²) in [5, 5.41) is 6.69. The van der Waals surface area contributed by atoms with Gasteiger partial charge in [0.2, 0.25) is 0 Å². The Morgan fingerprint density at radius 2 is 1.93 bits per heavy atom. The fraction of sp³-hybridized carbons (Fsp3) is 0.450. The predicted octanol–water partition coefficient (Wildman–Crippen LogP) is 1.32. The molecule has 0 saturated carbocycles. The minimum Gasteiger partial charge on any atom is -0.481 e. The smallest absolute Gasteiger partial charge is 0.276 e. The third-order valence-corrected chi connectivity index (χ3v) is 4.66. The fourth-order valence-corrected chi connectivity index (χ4v) is 3.04. The van der Waals surface area contributed by atoms with Gasteiger partial charge in [-0.05, 0) is 26.0 Å². The molecule has 150 valence electrons. The number of hydrogen-bond donors (Lipinski definition) is 1. The first kappa shape index (κ1) is 19.9. The lowest BCUT2D eigenvalue weighted by Gasteiger charge is -2.34. The molecule has 1 fully saturated rings. The first-order valence-electron chi connectivity index (χ1n) is 9.47. The molecular weight excluding hydrogens is 360 g/mol. The van der Waals surface area contributed by atoms with Crippen LogP contribution < -0.4 is 10.1 Å². The third kappa shape index (κ3) is 5.32. The van der Waals surface area contributed by atoms with Crippen LogP contribution in [0, 0.1) is 6.92 Å². The van der Waals surface area contributed by atoms with E-state index in [1.807, 2.05) is 30.3 Å². The van der Waals surface area contributed by atoms with Crippen LogP contribution in [0.3, 0.4) is 0 Å². The molecule has 1 aliphatic rings. The van der Waals surface area contributed by atoms with Crippen molar-refractivity contribution < 1.29 is 18.8 Å². The maximum absolute atomic E-state index is 12.4. The Morgan fingerprint density at radius 3 is 2.57 bits per heavy atom. The molecule has 0 aliphatic carbocycles. The van der Waals surface area contributed by atoms with Crippen LogP contribution in [-0.2, 0) is 4.79 Å². The van der Waals surface area contributed by atoms with Gasteiger partial charge in [-0.15, -0.1) is 0 Å². The number of ether oxygens (including phenoxy) is 1. The Morgan fingerprint density at radius 1 is 1.21 bits per heavy atom. The molecule has 1 N–H and O–H groups in total. The molecule has 1 unspecified atom stereocenters. The second-order valence-corrected chi connectivity index (χ2v) is 6.82. The van der Waals surface area contributed by atoms with Gasteiger partial charge < -0.3 is 19.5 Å². The molecule has 0 bridgehead atoms. The van der Waals surface area contributed by atoms with Crippen molar-refractivity contribution in [2.24, 2.45) is 0 Å². The number of piperazine rings is 1. The average Bonchev–Trinajstić information content (AvgIpc) is 3.15. The highest BCUT2D eigenvalue weighted by Gasteiger charge is 2.24. The van der Waals surface area contributed by atoms with Gasteiger partial charge in [-0.2, -0.15) is 0 Å². The lowest BCUT2D eigenvalue weighted by Crippen LogP contribution is -2.50. The lowest BCUT2D eigenvalue weighted by molar-refractivity contribution is -0.127. The van der Waals surface area contributed by atoms with Crippen molar-refractivity contribution >= 4 is 11.8 Å². The monoisotopic (exact) mass is 386 g/mol. The van der Waals surface area contributed by atoms with E-state index >= 15 is 0 Å². The summed E-state index contributed by atoms with van der Waals surface area (Å²) < 4.78 is 10.6. The van der Waals surface area contributed by atoms with Gasteiger partial charge >= 0.3 is 0 Å². The van der Waals surface area contributed by atoms with Crippen LogP contribution in [-0.4, -0.2) is 72.1 Å². The van der Waals surface area contributed by atoms with E-state index < -0.39 is 6.10 Å². The number of aromatic nitrogens is 1. The average molecular weight is 386 g/mol. The molecule has 0 spiro atoms. The van der Waals surface area contributed by atoms with Gasteiger partial charge in [0.25, 0.3) is 11.8 Å². The van der Waals surface area contributed by atoms with Gasteiger partial charge in [0.1, 0.15) is 11.5 Å². The first-order valence-corrected chi connectivity index (χ1v) is 9.47.